The fourth-order valence-electron chi connectivity index (χ4n) is 3.64. The molecule has 2 heterocycles. The van der Waals surface area contributed by atoms with Crippen molar-refractivity contribution in [2.24, 2.45) is 0 Å². The van der Waals surface area contributed by atoms with Crippen molar-refractivity contribution in [3.8, 4) is 5.75 Å². The molecule has 0 aliphatic carbocycles. The van der Waals surface area contributed by atoms with Gasteiger partial charge in [0.25, 0.3) is 5.91 Å². The molecule has 168 valence electrons. The second-order valence-corrected chi connectivity index (χ2v) is 7.26. The molecular formula is C24H23N5O4. The number of pyridine rings is 1. The van der Waals surface area contributed by atoms with Crippen molar-refractivity contribution in [2.45, 2.75) is 20.0 Å². The third kappa shape index (κ3) is 4.47. The molecule has 2 N–H and O–H groups in total. The lowest BCUT2D eigenvalue weighted by Crippen LogP contribution is -2.29. The summed E-state index contributed by atoms with van der Waals surface area (Å²) in [7, 11) is 1.47. The molecule has 4 aromatic rings. The minimum absolute atomic E-state index is 0.131. The minimum Gasteiger partial charge on any atom is -0.494 e. The van der Waals surface area contributed by atoms with Crippen molar-refractivity contribution in [1.29, 1.82) is 0 Å². The zero-order chi connectivity index (χ0) is 23.4. The van der Waals surface area contributed by atoms with Crippen molar-refractivity contribution < 1.29 is 14.3 Å². The SMILES string of the molecule is CCn1c(=O)n(CC(=O)Nc2ccc(NC(=O)c3cccnc3)c(OC)c2)c2ccccc21. The first kappa shape index (κ1) is 21.8. The molecule has 0 spiro atoms. The highest BCUT2D eigenvalue weighted by Crippen LogP contribution is 2.28. The van der Waals surface area contributed by atoms with Gasteiger partial charge in [0, 0.05) is 30.7 Å². The number of para-hydroxylation sites is 2. The summed E-state index contributed by atoms with van der Waals surface area (Å²) in [5.41, 5.74) is 2.59. The number of carbonyl (C=O) groups excluding carboxylic acids is 2. The molecule has 2 aromatic heterocycles. The normalized spacial score (nSPS) is 10.7. The number of hydrogen-bond donors (Lipinski definition) is 2. The highest BCUT2D eigenvalue weighted by molar-refractivity contribution is 6.05. The van der Waals surface area contributed by atoms with Gasteiger partial charge in [-0.25, -0.2) is 4.79 Å². The second kappa shape index (κ2) is 9.39. The van der Waals surface area contributed by atoms with E-state index in [9.17, 15) is 14.4 Å². The van der Waals surface area contributed by atoms with Crippen molar-refractivity contribution in [2.75, 3.05) is 17.7 Å². The van der Waals surface area contributed by atoms with Gasteiger partial charge in [0.15, 0.2) is 0 Å². The molecule has 0 aliphatic rings. The van der Waals surface area contributed by atoms with Gasteiger partial charge in [-0.05, 0) is 43.3 Å². The highest BCUT2D eigenvalue weighted by atomic mass is 16.5. The predicted octanol–water partition coefficient (Wildman–Crippen LogP) is 3.12. The Hall–Kier alpha value is -4.40. The number of aryl methyl sites for hydroxylation is 1. The Bertz CT molecular complexity index is 1370. The zero-order valence-corrected chi connectivity index (χ0v) is 18.2. The van der Waals surface area contributed by atoms with Crippen LogP contribution >= 0.6 is 0 Å². The number of anilines is 2. The maximum Gasteiger partial charge on any atom is 0.329 e. The Morgan fingerprint density at radius 3 is 2.42 bits per heavy atom. The largest absolute Gasteiger partial charge is 0.494 e. The molecule has 0 aliphatic heterocycles. The maximum absolute atomic E-state index is 12.8. The van der Waals surface area contributed by atoms with Crippen LogP contribution in [0.5, 0.6) is 5.75 Å². The van der Waals surface area contributed by atoms with Crippen LogP contribution in [0.25, 0.3) is 11.0 Å². The van der Waals surface area contributed by atoms with Crippen molar-refractivity contribution in [1.82, 2.24) is 14.1 Å². The van der Waals surface area contributed by atoms with Crippen LogP contribution in [-0.2, 0) is 17.9 Å². The Kier molecular flexibility index (Phi) is 6.21. The van der Waals surface area contributed by atoms with E-state index in [0.29, 0.717) is 34.7 Å². The second-order valence-electron chi connectivity index (χ2n) is 7.26. The van der Waals surface area contributed by atoms with Gasteiger partial charge in [-0.1, -0.05) is 12.1 Å². The summed E-state index contributed by atoms with van der Waals surface area (Å²) in [4.78, 5) is 41.8. The van der Waals surface area contributed by atoms with E-state index in [1.807, 2.05) is 31.2 Å². The number of rotatable bonds is 7. The Morgan fingerprint density at radius 1 is 1.00 bits per heavy atom. The van der Waals surface area contributed by atoms with Crippen LogP contribution in [0, 0.1) is 0 Å². The molecule has 0 radical (unpaired) electrons. The van der Waals surface area contributed by atoms with Crippen LogP contribution in [0.15, 0.2) is 71.8 Å². The topological polar surface area (TPSA) is 107 Å². The van der Waals surface area contributed by atoms with Crippen LogP contribution < -0.4 is 21.1 Å². The van der Waals surface area contributed by atoms with E-state index >= 15 is 0 Å². The van der Waals surface area contributed by atoms with Crippen molar-refractivity contribution in [3.05, 3.63) is 83.0 Å². The fraction of sp³-hybridized carbons (Fsp3) is 0.167. The van der Waals surface area contributed by atoms with Crippen LogP contribution in [-0.4, -0.2) is 33.0 Å². The van der Waals surface area contributed by atoms with Crippen molar-refractivity contribution in [3.63, 3.8) is 0 Å². The van der Waals surface area contributed by atoms with E-state index in [1.54, 1.807) is 41.1 Å². The lowest BCUT2D eigenvalue weighted by atomic mass is 10.2. The van der Waals surface area contributed by atoms with E-state index in [2.05, 4.69) is 15.6 Å². The molecule has 9 heteroatoms. The van der Waals surface area contributed by atoms with Gasteiger partial charge in [-0.2, -0.15) is 0 Å². The zero-order valence-electron chi connectivity index (χ0n) is 18.2. The average molecular weight is 445 g/mol. The number of ether oxygens (including phenoxy) is 1. The van der Waals surface area contributed by atoms with E-state index in [-0.39, 0.29) is 24.0 Å². The molecule has 0 unspecified atom stereocenters. The van der Waals surface area contributed by atoms with Gasteiger partial charge in [0.2, 0.25) is 5.91 Å². The summed E-state index contributed by atoms with van der Waals surface area (Å²) in [6.07, 6.45) is 3.05. The fourth-order valence-corrected chi connectivity index (χ4v) is 3.64. The lowest BCUT2D eigenvalue weighted by Gasteiger charge is -2.13. The number of nitrogens with zero attached hydrogens (tertiary/aromatic N) is 3. The smallest absolute Gasteiger partial charge is 0.329 e. The Morgan fingerprint density at radius 2 is 1.76 bits per heavy atom. The molecule has 33 heavy (non-hydrogen) atoms. The number of benzene rings is 2. The van der Waals surface area contributed by atoms with E-state index in [0.717, 1.165) is 5.52 Å². The van der Waals surface area contributed by atoms with Gasteiger partial charge in [0.05, 0.1) is 29.4 Å². The molecule has 0 atom stereocenters. The number of nitrogens with one attached hydrogen (secondary N) is 2. The Balaban J connectivity index is 1.51. The van der Waals surface area contributed by atoms with Gasteiger partial charge < -0.3 is 15.4 Å². The summed E-state index contributed by atoms with van der Waals surface area (Å²) >= 11 is 0. The van der Waals surface area contributed by atoms with Gasteiger partial charge >= 0.3 is 5.69 Å². The molecule has 0 fully saturated rings. The molecule has 0 saturated heterocycles. The maximum atomic E-state index is 12.8. The van der Waals surface area contributed by atoms with E-state index < -0.39 is 0 Å². The lowest BCUT2D eigenvalue weighted by molar-refractivity contribution is -0.116. The van der Waals surface area contributed by atoms with E-state index in [4.69, 9.17) is 4.74 Å². The number of amides is 2. The summed E-state index contributed by atoms with van der Waals surface area (Å²) < 4.78 is 8.46. The predicted molar refractivity (Wildman–Crippen MR) is 126 cm³/mol. The monoisotopic (exact) mass is 445 g/mol. The number of fused-ring (bicyclic) bond motifs is 1. The van der Waals surface area contributed by atoms with Gasteiger partial charge in [-0.3, -0.25) is 23.7 Å². The summed E-state index contributed by atoms with van der Waals surface area (Å²) in [5, 5.41) is 5.56. The molecular weight excluding hydrogens is 422 g/mol. The first-order valence-electron chi connectivity index (χ1n) is 10.4. The molecule has 2 aromatic carbocycles. The first-order chi connectivity index (χ1) is 16.0. The molecule has 0 bridgehead atoms. The van der Waals surface area contributed by atoms with Crippen LogP contribution in [0.2, 0.25) is 0 Å². The van der Waals surface area contributed by atoms with Gasteiger partial charge in [-0.15, -0.1) is 0 Å². The number of carbonyl (C=O) groups is 2. The highest BCUT2D eigenvalue weighted by Gasteiger charge is 2.16. The quantitative estimate of drug-likeness (QED) is 0.455. The van der Waals surface area contributed by atoms with E-state index in [1.165, 1.54) is 17.9 Å². The number of imidazole rings is 1. The Labute approximate surface area is 189 Å². The minimum atomic E-state index is -0.356. The summed E-state index contributed by atoms with van der Waals surface area (Å²) in [6, 6.07) is 15.6. The van der Waals surface area contributed by atoms with Gasteiger partial charge in [0.1, 0.15) is 12.3 Å². The summed E-state index contributed by atoms with van der Waals surface area (Å²) in [5.74, 6) is -0.306. The number of aromatic nitrogens is 3. The van der Waals surface area contributed by atoms with Crippen molar-refractivity contribution >= 4 is 34.2 Å². The third-order valence-electron chi connectivity index (χ3n) is 5.20. The summed E-state index contributed by atoms with van der Waals surface area (Å²) in [6.45, 7) is 2.27. The molecule has 4 rings (SSSR count). The number of methoxy groups -OCH3 is 1. The molecule has 9 nitrogen and oxygen atoms in total. The van der Waals surface area contributed by atoms with Crippen LogP contribution in [0.3, 0.4) is 0 Å². The number of hydrogen-bond acceptors (Lipinski definition) is 5. The van der Waals surface area contributed by atoms with Crippen LogP contribution in [0.4, 0.5) is 11.4 Å². The van der Waals surface area contributed by atoms with Crippen LogP contribution in [0.1, 0.15) is 17.3 Å². The first-order valence-corrected chi connectivity index (χ1v) is 10.4. The average Bonchev–Trinajstić information content (AvgIpc) is 3.11. The molecule has 2 amide bonds. The third-order valence-corrected chi connectivity index (χ3v) is 5.20. The standard InChI is InChI=1S/C24H23N5O4/c1-3-28-19-8-4-5-9-20(19)29(24(28)32)15-22(30)26-17-10-11-18(21(13-17)33-2)27-23(31)16-7-6-12-25-14-16/h4-14H,3,15H2,1-2H3,(H,26,30)(H,27,31). The molecule has 0 saturated carbocycles.